The van der Waals surface area contributed by atoms with Crippen molar-refractivity contribution in [1.82, 2.24) is 0 Å². The first-order valence-electron chi connectivity index (χ1n) is 0.582. The molecule has 0 bridgehead atoms. The van der Waals surface area contributed by atoms with Crippen molar-refractivity contribution >= 4 is 6.29 Å². The zero-order valence-corrected chi connectivity index (χ0v) is 5.34. The molecule has 0 aliphatic carbocycles. The molecule has 0 saturated carbocycles. The molecule has 5 heavy (non-hydrogen) atoms. The first kappa shape index (κ1) is 8.94. The van der Waals surface area contributed by atoms with Crippen molar-refractivity contribution in [3.8, 4) is 0 Å². The van der Waals surface area contributed by atoms with Crippen molar-refractivity contribution in [3.05, 3.63) is 0 Å². The Labute approximate surface area is 40.1 Å². The van der Waals surface area contributed by atoms with Gasteiger partial charge < -0.3 is 0 Å². The fourth-order valence-corrected chi connectivity index (χ4v) is 0. The predicted molar refractivity (Wildman–Crippen MR) is 7.61 cm³/mol. The molecule has 1 nitrogen and oxygen atoms in total. The number of halogens is 2. The molecule has 0 amide bonds. The maximum atomic E-state index is 9.69. The Balaban J connectivity index is 0. The molecule has 0 aromatic rings. The number of carbonyl (C=O) groups is 1. The molecule has 0 N–H and O–H groups in total. The molecule has 24 valence electrons. The second-order valence-electron chi connectivity index (χ2n) is 0.226. The fraction of sp³-hybridized carbons (Fsp3) is 0. The van der Waals surface area contributed by atoms with E-state index in [0.717, 1.165) is 0 Å². The van der Waals surface area contributed by atoms with Gasteiger partial charge in [-0.25, -0.2) is 4.79 Å². The normalized spacial score (nSPS) is 5.20. The number of rotatable bonds is 0. The minimum atomic E-state index is -2.83. The van der Waals surface area contributed by atoms with Gasteiger partial charge >= 0.3 is 25.8 Å². The average molecular weight is 131 g/mol. The van der Waals surface area contributed by atoms with Gasteiger partial charge in [0.1, 0.15) is 0 Å². The largest absolute Gasteiger partial charge is 2.00 e. The van der Waals surface area contributed by atoms with Crippen LogP contribution in [0.5, 0.6) is 0 Å². The summed E-state index contributed by atoms with van der Waals surface area (Å²) in [6.45, 7) is 0. The Kier molecular flexibility index (Phi) is 7.43. The molecule has 0 aliphatic rings. The van der Waals surface area contributed by atoms with Gasteiger partial charge in [0.05, 0.1) is 0 Å². The molecule has 4 heteroatoms. The van der Waals surface area contributed by atoms with Crippen LogP contribution in [0, 0.1) is 0 Å². The summed E-state index contributed by atoms with van der Waals surface area (Å²) in [5.41, 5.74) is 0. The second-order valence-corrected chi connectivity index (χ2v) is 0.226. The van der Waals surface area contributed by atoms with Crippen molar-refractivity contribution in [2.75, 3.05) is 0 Å². The Morgan fingerprint density at radius 1 is 1.40 bits per heavy atom. The molecule has 0 aromatic carbocycles. The molecule has 0 unspecified atom stereocenters. The zero-order valence-electron chi connectivity index (χ0n) is 2.37. The average Bonchev–Trinajstić information content (AvgIpc) is 0.811. The van der Waals surface area contributed by atoms with Crippen molar-refractivity contribution in [3.63, 3.8) is 0 Å². The topological polar surface area (TPSA) is 17.1 Å². The molecule has 0 aromatic heterocycles. The van der Waals surface area contributed by atoms with E-state index in [-0.39, 0.29) is 19.5 Å². The van der Waals surface area contributed by atoms with E-state index >= 15 is 0 Å². The van der Waals surface area contributed by atoms with Crippen LogP contribution in [-0.4, -0.2) is 6.29 Å². The van der Waals surface area contributed by atoms with Gasteiger partial charge in [0.25, 0.3) is 0 Å². The maximum absolute atomic E-state index is 9.69. The number of hydrogen-bond donors (Lipinski definition) is 0. The Morgan fingerprint density at radius 3 is 1.40 bits per heavy atom. The number of hydrogen-bond acceptors (Lipinski definition) is 1. The van der Waals surface area contributed by atoms with E-state index in [1.807, 2.05) is 0 Å². The van der Waals surface area contributed by atoms with Crippen molar-refractivity contribution < 1.29 is 33.1 Å². The predicted octanol–water partition coefficient (Wildman–Crippen LogP) is 1.04. The van der Waals surface area contributed by atoms with Crippen LogP contribution >= 0.6 is 0 Å². The van der Waals surface area contributed by atoms with Crippen LogP contribution in [0.2, 0.25) is 0 Å². The Morgan fingerprint density at radius 2 is 1.40 bits per heavy atom. The third-order valence-corrected chi connectivity index (χ3v) is 0. The molecule has 0 atom stereocenters. The summed E-state index contributed by atoms with van der Waals surface area (Å²) in [4.78, 5) is 8.11. The van der Waals surface area contributed by atoms with Crippen molar-refractivity contribution in [2.24, 2.45) is 0 Å². The molecule has 0 spiro atoms. The SMILES string of the molecule is O=C(F)F.[Zn+2]. The van der Waals surface area contributed by atoms with Gasteiger partial charge in [-0.3, -0.25) is 0 Å². The van der Waals surface area contributed by atoms with E-state index in [2.05, 4.69) is 0 Å². The third kappa shape index (κ3) is 819. The smallest absolute Gasteiger partial charge is 0.219 e. The zero-order chi connectivity index (χ0) is 3.58. The van der Waals surface area contributed by atoms with Crippen LogP contribution < -0.4 is 0 Å². The van der Waals surface area contributed by atoms with Crippen LogP contribution in [0.25, 0.3) is 0 Å². The minimum Gasteiger partial charge on any atom is -0.219 e. The van der Waals surface area contributed by atoms with Crippen molar-refractivity contribution in [2.45, 2.75) is 0 Å². The summed E-state index contributed by atoms with van der Waals surface area (Å²) in [6, 6.07) is 0. The molecule has 0 rings (SSSR count). The van der Waals surface area contributed by atoms with Crippen LogP contribution in [0.15, 0.2) is 0 Å². The molecule has 0 heterocycles. The molecule has 0 saturated heterocycles. The third-order valence-electron chi connectivity index (χ3n) is 0. The molecular formula is CF2OZn+2. The van der Waals surface area contributed by atoms with E-state index in [9.17, 15) is 8.78 Å². The van der Waals surface area contributed by atoms with Crippen LogP contribution in [0.3, 0.4) is 0 Å². The van der Waals surface area contributed by atoms with E-state index < -0.39 is 6.29 Å². The van der Waals surface area contributed by atoms with Crippen LogP contribution in [0.1, 0.15) is 0 Å². The summed E-state index contributed by atoms with van der Waals surface area (Å²) in [6.07, 6.45) is -2.83. The molecule has 0 fully saturated rings. The van der Waals surface area contributed by atoms with E-state index in [1.165, 1.54) is 0 Å². The minimum absolute atomic E-state index is 0. The van der Waals surface area contributed by atoms with Crippen LogP contribution in [0.4, 0.5) is 13.6 Å². The molecule has 0 aliphatic heterocycles. The fourth-order valence-electron chi connectivity index (χ4n) is 0. The first-order chi connectivity index (χ1) is 1.73. The molecular weight excluding hydrogens is 131 g/mol. The number of carbonyl (C=O) groups excluding carboxylic acids is 1. The van der Waals surface area contributed by atoms with Gasteiger partial charge in [0.15, 0.2) is 0 Å². The van der Waals surface area contributed by atoms with Gasteiger partial charge in [0, 0.05) is 0 Å². The summed E-state index contributed by atoms with van der Waals surface area (Å²) < 4.78 is 19.4. The van der Waals surface area contributed by atoms with E-state index in [0.29, 0.717) is 0 Å². The van der Waals surface area contributed by atoms with E-state index in [1.54, 1.807) is 0 Å². The maximum Gasteiger partial charge on any atom is 2.00 e. The van der Waals surface area contributed by atoms with Crippen LogP contribution in [-0.2, 0) is 19.5 Å². The quantitative estimate of drug-likeness (QED) is 0.355. The van der Waals surface area contributed by atoms with Gasteiger partial charge in [-0.1, -0.05) is 0 Å². The summed E-state index contributed by atoms with van der Waals surface area (Å²) in [5, 5.41) is 0. The van der Waals surface area contributed by atoms with Gasteiger partial charge in [-0.15, -0.1) is 8.78 Å². The monoisotopic (exact) mass is 130 g/mol. The Hall–Kier alpha value is 0.153. The van der Waals surface area contributed by atoms with E-state index in [4.69, 9.17) is 4.79 Å². The van der Waals surface area contributed by atoms with Gasteiger partial charge in [-0.05, 0) is 0 Å². The summed E-state index contributed by atoms with van der Waals surface area (Å²) in [5.74, 6) is 0. The summed E-state index contributed by atoms with van der Waals surface area (Å²) >= 11 is 0. The second kappa shape index (κ2) is 4.15. The molecule has 0 radical (unpaired) electrons. The standard InChI is InChI=1S/CF2O.Zn/c2-1(3)4;/q;+2. The van der Waals surface area contributed by atoms with Crippen molar-refractivity contribution in [1.29, 1.82) is 0 Å². The first-order valence-corrected chi connectivity index (χ1v) is 0.582. The van der Waals surface area contributed by atoms with Gasteiger partial charge in [-0.2, -0.15) is 0 Å². The summed E-state index contributed by atoms with van der Waals surface area (Å²) in [7, 11) is 0. The Bertz CT molecular complexity index is 32.6. The van der Waals surface area contributed by atoms with Gasteiger partial charge in [0.2, 0.25) is 0 Å².